The highest BCUT2D eigenvalue weighted by Gasteiger charge is 2.16. The van der Waals surface area contributed by atoms with Crippen molar-refractivity contribution in [2.45, 2.75) is 13.5 Å². The predicted molar refractivity (Wildman–Crippen MR) is 88.4 cm³/mol. The van der Waals surface area contributed by atoms with E-state index in [0.717, 1.165) is 0 Å². The summed E-state index contributed by atoms with van der Waals surface area (Å²) in [5.74, 6) is 0.620. The number of aryl methyl sites for hydroxylation is 1. The maximum Gasteiger partial charge on any atom is 0.338 e. The van der Waals surface area contributed by atoms with Crippen molar-refractivity contribution in [3.63, 3.8) is 0 Å². The summed E-state index contributed by atoms with van der Waals surface area (Å²) in [6.07, 6.45) is 0. The Hall–Kier alpha value is -2.94. The van der Waals surface area contributed by atoms with E-state index in [4.69, 9.17) is 14.2 Å². The molecule has 2 aromatic heterocycles. The Balaban J connectivity index is 1.50. The van der Waals surface area contributed by atoms with E-state index in [-0.39, 0.29) is 12.2 Å². The monoisotopic (exact) mass is 359 g/mol. The van der Waals surface area contributed by atoms with E-state index in [9.17, 15) is 9.59 Å². The molecule has 0 unspecified atom stereocenters. The Morgan fingerprint density at radius 2 is 2.08 bits per heavy atom. The van der Waals surface area contributed by atoms with Crippen LogP contribution in [0.4, 0.5) is 0 Å². The molecule has 0 aliphatic carbocycles. The number of rotatable bonds is 3. The van der Waals surface area contributed by atoms with Crippen molar-refractivity contribution in [2.75, 3.05) is 13.2 Å². The van der Waals surface area contributed by atoms with Gasteiger partial charge < -0.3 is 14.2 Å². The third-order valence-corrected chi connectivity index (χ3v) is 4.40. The molecule has 3 aromatic rings. The smallest absolute Gasteiger partial charge is 0.338 e. The molecule has 0 fully saturated rings. The highest BCUT2D eigenvalue weighted by Crippen LogP contribution is 2.31. The van der Waals surface area contributed by atoms with Gasteiger partial charge in [-0.05, 0) is 25.1 Å². The number of esters is 1. The topological polar surface area (TPSA) is 92.0 Å². The van der Waals surface area contributed by atoms with E-state index in [0.29, 0.717) is 45.9 Å². The van der Waals surface area contributed by atoms with E-state index in [1.807, 2.05) is 0 Å². The maximum atomic E-state index is 12.2. The van der Waals surface area contributed by atoms with Gasteiger partial charge in [0.15, 0.2) is 16.5 Å². The summed E-state index contributed by atoms with van der Waals surface area (Å²) in [6.45, 7) is 2.63. The maximum absolute atomic E-state index is 12.2. The third kappa shape index (κ3) is 3.05. The van der Waals surface area contributed by atoms with Gasteiger partial charge in [0, 0.05) is 11.8 Å². The van der Waals surface area contributed by atoms with Crippen molar-refractivity contribution in [2.24, 2.45) is 0 Å². The van der Waals surface area contributed by atoms with Gasteiger partial charge in [0.2, 0.25) is 4.96 Å². The fourth-order valence-electron chi connectivity index (χ4n) is 2.40. The van der Waals surface area contributed by atoms with Crippen LogP contribution in [0.15, 0.2) is 29.1 Å². The lowest BCUT2D eigenvalue weighted by molar-refractivity contribution is 0.0470. The van der Waals surface area contributed by atoms with Crippen LogP contribution >= 0.6 is 11.3 Å². The molecule has 25 heavy (non-hydrogen) atoms. The zero-order chi connectivity index (χ0) is 17.4. The molecule has 0 atom stereocenters. The average Bonchev–Trinajstić information content (AvgIpc) is 3.02. The molecule has 0 saturated carbocycles. The number of benzene rings is 1. The number of hydrogen-bond donors (Lipinski definition) is 0. The van der Waals surface area contributed by atoms with E-state index >= 15 is 0 Å². The summed E-state index contributed by atoms with van der Waals surface area (Å²) >= 11 is 1.20. The minimum atomic E-state index is -0.507. The first kappa shape index (κ1) is 15.6. The van der Waals surface area contributed by atoms with Crippen molar-refractivity contribution in [1.82, 2.24) is 14.6 Å². The number of hydrogen-bond acceptors (Lipinski definition) is 8. The van der Waals surface area contributed by atoms with E-state index in [1.54, 1.807) is 25.1 Å². The van der Waals surface area contributed by atoms with Gasteiger partial charge in [0.1, 0.15) is 19.8 Å². The molecule has 3 heterocycles. The fourth-order valence-corrected chi connectivity index (χ4v) is 3.26. The molecule has 0 N–H and O–H groups in total. The second-order valence-corrected chi connectivity index (χ2v) is 6.40. The molecular weight excluding hydrogens is 346 g/mol. The summed E-state index contributed by atoms with van der Waals surface area (Å²) in [5.41, 5.74) is 0.716. The average molecular weight is 359 g/mol. The predicted octanol–water partition coefficient (Wildman–Crippen LogP) is 1.59. The molecular formula is C16H13N3O5S. The van der Waals surface area contributed by atoms with E-state index in [1.165, 1.54) is 21.9 Å². The molecule has 1 aliphatic rings. The summed E-state index contributed by atoms with van der Waals surface area (Å²) in [4.78, 5) is 28.8. The van der Waals surface area contributed by atoms with Crippen molar-refractivity contribution in [3.05, 3.63) is 50.9 Å². The van der Waals surface area contributed by atoms with Crippen LogP contribution < -0.4 is 15.0 Å². The zero-order valence-corrected chi connectivity index (χ0v) is 14.0. The zero-order valence-electron chi connectivity index (χ0n) is 13.2. The SMILES string of the molecule is Cc1cc(=O)n2nc(COC(=O)c3ccc4c(c3)OCCO4)sc2n1. The molecule has 1 aromatic carbocycles. The first-order chi connectivity index (χ1) is 12.1. The van der Waals surface area contributed by atoms with Crippen molar-refractivity contribution >= 4 is 22.3 Å². The molecule has 0 amide bonds. The van der Waals surface area contributed by atoms with Crippen LogP contribution in [0.2, 0.25) is 0 Å². The van der Waals surface area contributed by atoms with Crippen LogP contribution in [-0.2, 0) is 11.3 Å². The quantitative estimate of drug-likeness (QED) is 0.656. The van der Waals surface area contributed by atoms with Gasteiger partial charge in [-0.25, -0.2) is 9.78 Å². The minimum absolute atomic E-state index is 0.0419. The molecule has 0 spiro atoms. The van der Waals surface area contributed by atoms with Gasteiger partial charge in [-0.15, -0.1) is 0 Å². The van der Waals surface area contributed by atoms with Crippen molar-refractivity contribution in [1.29, 1.82) is 0 Å². The normalized spacial score (nSPS) is 13.0. The Morgan fingerprint density at radius 1 is 1.28 bits per heavy atom. The largest absolute Gasteiger partial charge is 0.486 e. The molecule has 0 bridgehead atoms. The number of fused-ring (bicyclic) bond motifs is 2. The summed E-state index contributed by atoms with van der Waals surface area (Å²) in [6, 6.07) is 6.28. The third-order valence-electron chi connectivity index (χ3n) is 3.52. The molecule has 9 heteroatoms. The van der Waals surface area contributed by atoms with Gasteiger partial charge in [-0.2, -0.15) is 9.61 Å². The molecule has 8 nitrogen and oxygen atoms in total. The molecule has 0 saturated heterocycles. The van der Waals surface area contributed by atoms with Gasteiger partial charge in [-0.1, -0.05) is 11.3 Å². The van der Waals surface area contributed by atoms with E-state index in [2.05, 4.69) is 10.1 Å². The van der Waals surface area contributed by atoms with Crippen LogP contribution in [0.5, 0.6) is 11.5 Å². The second-order valence-electron chi connectivity index (χ2n) is 5.36. The highest BCUT2D eigenvalue weighted by molar-refractivity contribution is 7.16. The number of nitrogens with zero attached hydrogens (tertiary/aromatic N) is 3. The number of aromatic nitrogens is 3. The molecule has 128 valence electrons. The summed E-state index contributed by atoms with van der Waals surface area (Å²) < 4.78 is 17.3. The first-order valence-corrected chi connectivity index (χ1v) is 8.35. The standard InChI is InChI=1S/C16H13N3O5S/c1-9-6-14(20)19-16(17-9)25-13(18-19)8-24-15(21)10-2-3-11-12(7-10)23-5-4-22-11/h2-3,6-7H,4-5,8H2,1H3. The Kier molecular flexibility index (Phi) is 3.85. The second kappa shape index (κ2) is 6.17. The number of ether oxygens (including phenoxy) is 3. The minimum Gasteiger partial charge on any atom is -0.486 e. The highest BCUT2D eigenvalue weighted by atomic mass is 32.1. The van der Waals surface area contributed by atoms with Crippen LogP contribution in [0.3, 0.4) is 0 Å². The number of carbonyl (C=O) groups excluding carboxylic acids is 1. The van der Waals surface area contributed by atoms with Crippen LogP contribution in [0.25, 0.3) is 4.96 Å². The van der Waals surface area contributed by atoms with Crippen molar-refractivity contribution in [3.8, 4) is 11.5 Å². The lowest BCUT2D eigenvalue weighted by Gasteiger charge is -2.18. The fraction of sp³-hybridized carbons (Fsp3) is 0.250. The number of carbonyl (C=O) groups is 1. The van der Waals surface area contributed by atoms with Gasteiger partial charge in [0.25, 0.3) is 5.56 Å². The van der Waals surface area contributed by atoms with Gasteiger partial charge in [0.05, 0.1) is 5.56 Å². The van der Waals surface area contributed by atoms with Gasteiger partial charge >= 0.3 is 5.97 Å². The van der Waals surface area contributed by atoms with Gasteiger partial charge in [-0.3, -0.25) is 4.79 Å². The van der Waals surface area contributed by atoms with Crippen LogP contribution in [-0.4, -0.2) is 33.8 Å². The molecule has 4 rings (SSSR count). The molecule has 1 aliphatic heterocycles. The Bertz CT molecular complexity index is 1030. The Labute approximate surface area is 145 Å². The van der Waals surface area contributed by atoms with E-state index < -0.39 is 5.97 Å². The first-order valence-electron chi connectivity index (χ1n) is 7.53. The molecule has 0 radical (unpaired) electrons. The lowest BCUT2D eigenvalue weighted by Crippen LogP contribution is -2.16. The summed E-state index contributed by atoms with van der Waals surface area (Å²) in [5, 5.41) is 4.61. The summed E-state index contributed by atoms with van der Waals surface area (Å²) in [7, 11) is 0. The van der Waals surface area contributed by atoms with Crippen LogP contribution in [0.1, 0.15) is 21.1 Å². The van der Waals surface area contributed by atoms with Crippen molar-refractivity contribution < 1.29 is 19.0 Å². The van der Waals surface area contributed by atoms with Crippen LogP contribution in [0, 0.1) is 6.92 Å². The lowest BCUT2D eigenvalue weighted by atomic mass is 10.2. The Morgan fingerprint density at radius 3 is 2.92 bits per heavy atom.